The van der Waals surface area contributed by atoms with Crippen LogP contribution in [0.25, 0.3) is 0 Å². The van der Waals surface area contributed by atoms with Gasteiger partial charge >= 0.3 is 12.7 Å². The standard InChI is InChI=1S/C12H18NO4PS/c1-9(2)16-12(14)10(3)13-18(15,19)17-11-7-5-4-6-8-11/h4-10H,1-3H3,(H2,13,15,19). The summed E-state index contributed by atoms with van der Waals surface area (Å²) in [7, 11) is 0. The molecule has 1 aromatic carbocycles. The number of thiol groups is 1. The van der Waals surface area contributed by atoms with Crippen molar-refractivity contribution in [1.82, 2.24) is 5.09 Å². The van der Waals surface area contributed by atoms with E-state index in [1.807, 2.05) is 6.07 Å². The summed E-state index contributed by atoms with van der Waals surface area (Å²) in [6.45, 7) is 1.60. The van der Waals surface area contributed by atoms with E-state index in [1.54, 1.807) is 45.0 Å². The van der Waals surface area contributed by atoms with Gasteiger partial charge in [-0.15, -0.1) is 0 Å². The predicted molar refractivity (Wildman–Crippen MR) is 77.5 cm³/mol. The number of hydrogen-bond donors (Lipinski definition) is 2. The molecule has 7 heteroatoms. The summed E-state index contributed by atoms with van der Waals surface area (Å²) < 4.78 is 22.3. The lowest BCUT2D eigenvalue weighted by Gasteiger charge is -2.20. The first-order valence-electron chi connectivity index (χ1n) is 5.86. The van der Waals surface area contributed by atoms with Crippen molar-refractivity contribution in [3.63, 3.8) is 0 Å². The van der Waals surface area contributed by atoms with Crippen molar-refractivity contribution in [2.24, 2.45) is 0 Å². The van der Waals surface area contributed by atoms with Crippen LogP contribution in [0.15, 0.2) is 30.3 Å². The molecular formula is C12H18NO4PS. The molecule has 1 aromatic rings. The number of carbonyl (C=O) groups is 1. The third-order valence-corrected chi connectivity index (χ3v) is 3.80. The summed E-state index contributed by atoms with van der Waals surface area (Å²) in [5, 5.41) is 2.53. The van der Waals surface area contributed by atoms with E-state index in [0.717, 1.165) is 0 Å². The second kappa shape index (κ2) is 6.98. The van der Waals surface area contributed by atoms with E-state index < -0.39 is 18.7 Å². The van der Waals surface area contributed by atoms with E-state index in [1.165, 1.54) is 0 Å². The zero-order valence-corrected chi connectivity index (χ0v) is 12.9. The van der Waals surface area contributed by atoms with Crippen LogP contribution in [0.5, 0.6) is 5.75 Å². The van der Waals surface area contributed by atoms with Crippen LogP contribution in [0, 0.1) is 0 Å². The minimum atomic E-state index is -3.42. The molecule has 0 bridgehead atoms. The number of ether oxygens (including phenoxy) is 1. The van der Waals surface area contributed by atoms with Crippen LogP contribution in [-0.4, -0.2) is 18.1 Å². The Morgan fingerprint density at radius 1 is 1.26 bits per heavy atom. The van der Waals surface area contributed by atoms with Crippen molar-refractivity contribution in [2.45, 2.75) is 32.9 Å². The Kier molecular flexibility index (Phi) is 5.91. The van der Waals surface area contributed by atoms with Gasteiger partial charge in [0.2, 0.25) is 0 Å². The van der Waals surface area contributed by atoms with Gasteiger partial charge in [0.05, 0.1) is 6.10 Å². The molecule has 2 unspecified atom stereocenters. The molecule has 0 radical (unpaired) electrons. The van der Waals surface area contributed by atoms with E-state index in [0.29, 0.717) is 5.75 Å². The van der Waals surface area contributed by atoms with Gasteiger partial charge in [0, 0.05) is 0 Å². The van der Waals surface area contributed by atoms with E-state index in [2.05, 4.69) is 17.3 Å². The van der Waals surface area contributed by atoms with Crippen molar-refractivity contribution >= 4 is 24.9 Å². The fourth-order valence-corrected chi connectivity index (χ4v) is 3.14. The highest BCUT2D eigenvalue weighted by molar-refractivity contribution is 8.45. The summed E-state index contributed by atoms with van der Waals surface area (Å²) in [6, 6.07) is 7.85. The molecule has 0 spiro atoms. The van der Waals surface area contributed by atoms with Crippen molar-refractivity contribution in [2.75, 3.05) is 0 Å². The summed E-state index contributed by atoms with van der Waals surface area (Å²) in [4.78, 5) is 11.6. The van der Waals surface area contributed by atoms with Crippen molar-refractivity contribution in [3.8, 4) is 5.75 Å². The van der Waals surface area contributed by atoms with Gasteiger partial charge in [-0.3, -0.25) is 4.79 Å². The van der Waals surface area contributed by atoms with Crippen molar-refractivity contribution in [1.29, 1.82) is 0 Å². The number of para-hydroxylation sites is 1. The molecule has 0 fully saturated rings. The molecule has 0 saturated heterocycles. The van der Waals surface area contributed by atoms with Crippen LogP contribution >= 0.6 is 19.0 Å². The molecule has 0 heterocycles. The Labute approximate surface area is 118 Å². The molecule has 1 rings (SSSR count). The molecule has 0 aliphatic rings. The Morgan fingerprint density at radius 3 is 2.37 bits per heavy atom. The van der Waals surface area contributed by atoms with Gasteiger partial charge in [-0.2, -0.15) is 0 Å². The van der Waals surface area contributed by atoms with Crippen molar-refractivity contribution < 1.29 is 18.6 Å². The number of carbonyl (C=O) groups excluding carboxylic acids is 1. The minimum Gasteiger partial charge on any atom is -0.462 e. The quantitative estimate of drug-likeness (QED) is 0.480. The highest BCUT2D eigenvalue weighted by atomic mass is 32.7. The van der Waals surface area contributed by atoms with Crippen LogP contribution in [0.1, 0.15) is 20.8 Å². The fourth-order valence-electron chi connectivity index (χ4n) is 1.28. The first-order chi connectivity index (χ1) is 8.80. The molecular weight excluding hydrogens is 285 g/mol. The van der Waals surface area contributed by atoms with E-state index in [9.17, 15) is 9.36 Å². The number of esters is 1. The molecule has 5 nitrogen and oxygen atoms in total. The summed E-state index contributed by atoms with van der Waals surface area (Å²) in [6.07, 6.45) is -0.230. The Bertz CT molecular complexity index is 466. The zero-order chi connectivity index (χ0) is 14.5. The summed E-state index contributed by atoms with van der Waals surface area (Å²) in [5.41, 5.74) is 0. The van der Waals surface area contributed by atoms with Crippen LogP contribution in [0.2, 0.25) is 0 Å². The van der Waals surface area contributed by atoms with Crippen LogP contribution in [0.4, 0.5) is 0 Å². The number of rotatable bonds is 6. The molecule has 0 aromatic heterocycles. The molecule has 1 N–H and O–H groups in total. The van der Waals surface area contributed by atoms with Crippen LogP contribution in [0.3, 0.4) is 0 Å². The predicted octanol–water partition coefficient (Wildman–Crippen LogP) is 3.03. The van der Waals surface area contributed by atoms with E-state index in [4.69, 9.17) is 9.26 Å². The maximum atomic E-state index is 12.1. The SMILES string of the molecule is CC(C)OC(=O)C(C)NP(=O)(S)Oc1ccccc1. The lowest BCUT2D eigenvalue weighted by molar-refractivity contribution is -0.148. The fraction of sp³-hybridized carbons (Fsp3) is 0.417. The number of benzene rings is 1. The maximum absolute atomic E-state index is 12.1. The third kappa shape index (κ3) is 6.14. The van der Waals surface area contributed by atoms with Gasteiger partial charge < -0.3 is 9.26 Å². The molecule has 0 amide bonds. The lowest BCUT2D eigenvalue weighted by Crippen LogP contribution is -2.34. The average molecular weight is 303 g/mol. The first-order valence-corrected chi connectivity index (χ1v) is 8.63. The average Bonchev–Trinajstić information content (AvgIpc) is 2.27. The van der Waals surface area contributed by atoms with Gasteiger partial charge in [0.25, 0.3) is 0 Å². The van der Waals surface area contributed by atoms with Gasteiger partial charge in [0.15, 0.2) is 0 Å². The second-order valence-corrected chi connectivity index (χ2v) is 7.32. The molecule has 0 aliphatic carbocycles. The summed E-state index contributed by atoms with van der Waals surface area (Å²) >= 11 is 3.94. The zero-order valence-electron chi connectivity index (χ0n) is 11.1. The monoisotopic (exact) mass is 303 g/mol. The molecule has 19 heavy (non-hydrogen) atoms. The lowest BCUT2D eigenvalue weighted by atomic mass is 10.3. The second-order valence-electron chi connectivity index (χ2n) is 4.26. The highest BCUT2D eigenvalue weighted by Gasteiger charge is 2.26. The molecule has 2 atom stereocenters. The van der Waals surface area contributed by atoms with Gasteiger partial charge in [-0.25, -0.2) is 9.65 Å². The molecule has 0 saturated carbocycles. The van der Waals surface area contributed by atoms with Gasteiger partial charge in [0.1, 0.15) is 11.8 Å². The number of hydrogen-bond acceptors (Lipinski definition) is 4. The molecule has 0 aliphatic heterocycles. The smallest absolute Gasteiger partial charge is 0.372 e. The summed E-state index contributed by atoms with van der Waals surface area (Å²) in [5.74, 6) is -0.0845. The van der Waals surface area contributed by atoms with Gasteiger partial charge in [-0.05, 0) is 32.9 Å². The van der Waals surface area contributed by atoms with E-state index >= 15 is 0 Å². The normalized spacial score (nSPS) is 15.6. The Morgan fingerprint density at radius 2 is 1.84 bits per heavy atom. The maximum Gasteiger partial charge on any atom is 0.372 e. The van der Waals surface area contributed by atoms with E-state index in [-0.39, 0.29) is 6.10 Å². The first kappa shape index (κ1) is 16.1. The topological polar surface area (TPSA) is 64.6 Å². The molecule has 106 valence electrons. The Balaban J connectivity index is 2.59. The minimum absolute atomic E-state index is 0.230. The van der Waals surface area contributed by atoms with Crippen LogP contribution in [-0.2, 0) is 14.1 Å². The Hall–Kier alpha value is -0.970. The van der Waals surface area contributed by atoms with Gasteiger partial charge in [-0.1, -0.05) is 30.4 Å². The highest BCUT2D eigenvalue weighted by Crippen LogP contribution is 2.47. The van der Waals surface area contributed by atoms with Crippen molar-refractivity contribution in [3.05, 3.63) is 30.3 Å². The third-order valence-electron chi connectivity index (χ3n) is 2.03. The number of nitrogens with one attached hydrogen (secondary N) is 1. The van der Waals surface area contributed by atoms with Crippen LogP contribution < -0.4 is 9.61 Å². The largest absolute Gasteiger partial charge is 0.462 e.